The fraction of sp³-hybridized carbons (Fsp3) is 0.474. The van der Waals surface area contributed by atoms with Gasteiger partial charge in [-0.15, -0.1) is 5.10 Å². The maximum Gasteiger partial charge on any atom is 0.252 e. The Hall–Kier alpha value is -3.01. The molecule has 11 nitrogen and oxygen atoms in total. The molecule has 1 aliphatic rings. The number of rotatable bonds is 8. The number of benzene rings is 1. The van der Waals surface area contributed by atoms with Gasteiger partial charge in [0.25, 0.3) is 5.82 Å². The van der Waals surface area contributed by atoms with Gasteiger partial charge in [0.1, 0.15) is 18.9 Å². The van der Waals surface area contributed by atoms with Crippen LogP contribution in [0.25, 0.3) is 0 Å². The van der Waals surface area contributed by atoms with E-state index in [2.05, 4.69) is 15.4 Å². The van der Waals surface area contributed by atoms with E-state index in [0.29, 0.717) is 32.0 Å². The van der Waals surface area contributed by atoms with Crippen LogP contribution in [-0.4, -0.2) is 72.8 Å². The number of hydrogen-bond acceptors (Lipinski definition) is 8. The molecule has 1 aromatic carbocycles. The van der Waals surface area contributed by atoms with E-state index < -0.39 is 15.9 Å². The normalized spacial score (nSPS) is 14.7. The Morgan fingerprint density at radius 1 is 1.29 bits per heavy atom. The van der Waals surface area contributed by atoms with Crippen molar-refractivity contribution in [2.75, 3.05) is 49.6 Å². The molecule has 0 spiro atoms. The van der Waals surface area contributed by atoms with Crippen molar-refractivity contribution in [2.24, 2.45) is 0 Å². The van der Waals surface area contributed by atoms with Crippen molar-refractivity contribution in [1.29, 1.82) is 5.26 Å². The smallest absolute Gasteiger partial charge is 0.252 e. The Morgan fingerprint density at radius 3 is 2.61 bits per heavy atom. The van der Waals surface area contributed by atoms with Crippen LogP contribution in [0.3, 0.4) is 0 Å². The molecule has 3 rings (SSSR count). The molecule has 0 unspecified atom stereocenters. The first kappa shape index (κ1) is 22.7. The number of aromatic nitrogens is 3. The molecule has 1 amide bonds. The largest absolute Gasteiger partial charge is 0.379 e. The number of hydrogen-bond donors (Lipinski definition) is 1. The zero-order chi connectivity index (χ0) is 22.4. The molecule has 0 aliphatic carbocycles. The molecule has 1 saturated heterocycles. The van der Waals surface area contributed by atoms with Crippen molar-refractivity contribution in [2.45, 2.75) is 25.3 Å². The van der Waals surface area contributed by atoms with Crippen molar-refractivity contribution in [1.82, 2.24) is 19.1 Å². The highest BCUT2D eigenvalue weighted by Gasteiger charge is 2.27. The third-order valence-electron chi connectivity index (χ3n) is 4.90. The first-order valence-corrected chi connectivity index (χ1v) is 11.4. The van der Waals surface area contributed by atoms with Crippen LogP contribution in [-0.2, 0) is 26.1 Å². The van der Waals surface area contributed by atoms with Crippen LogP contribution in [0.4, 0.5) is 11.4 Å². The summed E-state index contributed by atoms with van der Waals surface area (Å²) in [5.74, 6) is -0.445. The molecule has 166 valence electrons. The third kappa shape index (κ3) is 5.19. The molecule has 0 radical (unpaired) electrons. The minimum atomic E-state index is -3.72. The molecular weight excluding hydrogens is 422 g/mol. The minimum absolute atomic E-state index is 0.0322. The second-order valence-corrected chi connectivity index (χ2v) is 8.73. The lowest BCUT2D eigenvalue weighted by molar-refractivity contribution is -0.116. The van der Waals surface area contributed by atoms with E-state index in [1.54, 1.807) is 18.2 Å². The third-order valence-corrected chi connectivity index (χ3v) is 6.79. The highest BCUT2D eigenvalue weighted by Crippen LogP contribution is 2.30. The molecule has 12 heteroatoms. The number of sulfonamides is 1. The van der Waals surface area contributed by atoms with Crippen LogP contribution in [0, 0.1) is 11.3 Å². The monoisotopic (exact) mass is 447 g/mol. The SMILES string of the molecule is CCN(CC)c1ccc(S(=O)(=O)N2CCOCC2)cc1NC(=O)Cn1cnc(C#N)n1. The Bertz CT molecular complexity index is 1070. The van der Waals surface area contributed by atoms with Crippen LogP contribution in [0.2, 0.25) is 0 Å². The molecule has 2 aromatic rings. The van der Waals surface area contributed by atoms with Crippen molar-refractivity contribution >= 4 is 27.3 Å². The van der Waals surface area contributed by atoms with Gasteiger partial charge in [-0.2, -0.15) is 9.57 Å². The summed E-state index contributed by atoms with van der Waals surface area (Å²) in [4.78, 5) is 18.5. The first-order chi connectivity index (χ1) is 14.9. The van der Waals surface area contributed by atoms with Crippen molar-refractivity contribution in [3.05, 3.63) is 30.4 Å². The second kappa shape index (κ2) is 9.86. The van der Waals surface area contributed by atoms with Crippen LogP contribution in [0.5, 0.6) is 0 Å². The zero-order valence-electron chi connectivity index (χ0n) is 17.5. The Morgan fingerprint density at radius 2 is 2.00 bits per heavy atom. The molecule has 31 heavy (non-hydrogen) atoms. The van der Waals surface area contributed by atoms with E-state index in [1.807, 2.05) is 18.7 Å². The van der Waals surface area contributed by atoms with Gasteiger partial charge >= 0.3 is 0 Å². The highest BCUT2D eigenvalue weighted by molar-refractivity contribution is 7.89. The molecule has 0 atom stereocenters. The summed E-state index contributed by atoms with van der Waals surface area (Å²) < 4.78 is 34.0. The van der Waals surface area contributed by atoms with Crippen LogP contribution >= 0.6 is 0 Å². The molecule has 1 fully saturated rings. The summed E-state index contributed by atoms with van der Waals surface area (Å²) in [6.45, 7) is 6.44. The molecule has 2 heterocycles. The lowest BCUT2D eigenvalue weighted by Crippen LogP contribution is -2.40. The van der Waals surface area contributed by atoms with Crippen LogP contribution in [0.1, 0.15) is 19.7 Å². The number of nitrogens with zero attached hydrogens (tertiary/aromatic N) is 6. The summed E-state index contributed by atoms with van der Waals surface area (Å²) in [5, 5.41) is 15.5. The molecule has 1 aromatic heterocycles. The summed E-state index contributed by atoms with van der Waals surface area (Å²) in [5.41, 5.74) is 1.11. The summed E-state index contributed by atoms with van der Waals surface area (Å²) in [6.07, 6.45) is 1.29. The quantitative estimate of drug-likeness (QED) is 0.624. The number of ether oxygens (including phenoxy) is 1. The van der Waals surface area contributed by atoms with Gasteiger partial charge in [0, 0.05) is 26.2 Å². The van der Waals surface area contributed by atoms with Crippen molar-refractivity contribution in [3.8, 4) is 6.07 Å². The average molecular weight is 448 g/mol. The molecule has 0 bridgehead atoms. The number of carbonyl (C=O) groups is 1. The zero-order valence-corrected chi connectivity index (χ0v) is 18.3. The predicted octanol–water partition coefficient (Wildman–Crippen LogP) is 0.656. The van der Waals surface area contributed by atoms with E-state index >= 15 is 0 Å². The van der Waals surface area contributed by atoms with Gasteiger partial charge in [-0.05, 0) is 32.0 Å². The van der Waals surface area contributed by atoms with E-state index in [-0.39, 0.29) is 30.4 Å². The summed E-state index contributed by atoms with van der Waals surface area (Å²) in [6, 6.07) is 6.56. The van der Waals surface area contributed by atoms with Crippen LogP contribution < -0.4 is 10.2 Å². The first-order valence-electron chi connectivity index (χ1n) is 9.95. The van der Waals surface area contributed by atoms with Gasteiger partial charge in [0.05, 0.1) is 29.5 Å². The number of anilines is 2. The lowest BCUT2D eigenvalue weighted by Gasteiger charge is -2.28. The van der Waals surface area contributed by atoms with E-state index in [0.717, 1.165) is 5.69 Å². The fourth-order valence-electron chi connectivity index (χ4n) is 3.31. The van der Waals surface area contributed by atoms with E-state index in [4.69, 9.17) is 10.00 Å². The van der Waals surface area contributed by atoms with Crippen molar-refractivity contribution < 1.29 is 17.9 Å². The van der Waals surface area contributed by atoms with E-state index in [1.165, 1.54) is 21.4 Å². The predicted molar refractivity (Wildman–Crippen MR) is 113 cm³/mol. The number of amides is 1. The van der Waals surface area contributed by atoms with Gasteiger partial charge in [0.15, 0.2) is 0 Å². The van der Waals surface area contributed by atoms with E-state index in [9.17, 15) is 13.2 Å². The summed E-state index contributed by atoms with van der Waals surface area (Å²) >= 11 is 0. The molecular formula is C19H25N7O4S. The number of morpholine rings is 1. The summed E-state index contributed by atoms with van der Waals surface area (Å²) in [7, 11) is -3.72. The van der Waals surface area contributed by atoms with Gasteiger partial charge in [-0.1, -0.05) is 0 Å². The topological polar surface area (TPSA) is 133 Å². The number of carbonyl (C=O) groups excluding carboxylic acids is 1. The lowest BCUT2D eigenvalue weighted by atomic mass is 10.2. The number of nitriles is 1. The Labute approximate surface area is 181 Å². The highest BCUT2D eigenvalue weighted by atomic mass is 32.2. The molecule has 1 aliphatic heterocycles. The average Bonchev–Trinajstić information content (AvgIpc) is 3.23. The van der Waals surface area contributed by atoms with Crippen molar-refractivity contribution in [3.63, 3.8) is 0 Å². The Balaban J connectivity index is 1.90. The van der Waals surface area contributed by atoms with Crippen LogP contribution in [0.15, 0.2) is 29.4 Å². The minimum Gasteiger partial charge on any atom is -0.379 e. The van der Waals surface area contributed by atoms with Gasteiger partial charge in [0.2, 0.25) is 15.9 Å². The van der Waals surface area contributed by atoms with Gasteiger partial charge in [-0.3, -0.25) is 4.79 Å². The second-order valence-electron chi connectivity index (χ2n) is 6.79. The maximum atomic E-state index is 13.1. The number of nitrogens with one attached hydrogen (secondary N) is 1. The molecule has 1 N–H and O–H groups in total. The van der Waals surface area contributed by atoms with Gasteiger partial charge < -0.3 is 15.0 Å². The van der Waals surface area contributed by atoms with Gasteiger partial charge in [-0.25, -0.2) is 18.1 Å². The standard InChI is InChI=1S/C19H25N7O4S/c1-3-24(4-2)17-6-5-15(31(28,29)26-7-9-30-10-8-26)11-16(17)22-19(27)13-25-14-21-18(12-20)23-25/h5-6,11,14H,3-4,7-10,13H2,1-2H3,(H,22,27). The Kier molecular flexibility index (Phi) is 7.21. The molecule has 0 saturated carbocycles. The maximum absolute atomic E-state index is 13.1. The fourth-order valence-corrected chi connectivity index (χ4v) is 4.75.